The van der Waals surface area contributed by atoms with E-state index in [0.29, 0.717) is 0 Å². The van der Waals surface area contributed by atoms with Crippen molar-refractivity contribution in [2.24, 2.45) is 5.73 Å². The SMILES string of the molecule is N[C@H](c1ccsc1)c1cccc(C(F)(F)F)c1Cl. The minimum atomic E-state index is -4.47. The van der Waals surface area contributed by atoms with E-state index in [4.69, 9.17) is 17.3 Å². The Morgan fingerprint density at radius 3 is 2.50 bits per heavy atom. The number of hydrogen-bond donors (Lipinski definition) is 1. The van der Waals surface area contributed by atoms with Gasteiger partial charge in [-0.1, -0.05) is 23.7 Å². The van der Waals surface area contributed by atoms with E-state index in [0.717, 1.165) is 11.6 Å². The van der Waals surface area contributed by atoms with Crippen molar-refractivity contribution in [1.29, 1.82) is 0 Å². The molecule has 0 saturated heterocycles. The van der Waals surface area contributed by atoms with Gasteiger partial charge in [0.1, 0.15) is 0 Å². The summed E-state index contributed by atoms with van der Waals surface area (Å²) in [4.78, 5) is 0. The van der Waals surface area contributed by atoms with Crippen LogP contribution in [0.1, 0.15) is 22.7 Å². The van der Waals surface area contributed by atoms with Crippen LogP contribution >= 0.6 is 22.9 Å². The number of benzene rings is 1. The van der Waals surface area contributed by atoms with Crippen LogP contribution in [-0.2, 0) is 6.18 Å². The molecule has 6 heteroatoms. The van der Waals surface area contributed by atoms with Crippen molar-refractivity contribution < 1.29 is 13.2 Å². The molecule has 0 unspecified atom stereocenters. The molecule has 2 aromatic rings. The molecule has 0 fully saturated rings. The van der Waals surface area contributed by atoms with Crippen molar-refractivity contribution in [2.75, 3.05) is 0 Å². The number of alkyl halides is 3. The standard InChI is InChI=1S/C12H9ClF3NS/c13-10-8(11(17)7-4-5-18-6-7)2-1-3-9(10)12(14,15)16/h1-6,11H,17H2/t11-/m1/s1. The summed E-state index contributed by atoms with van der Waals surface area (Å²) in [6, 6.07) is 4.90. The van der Waals surface area contributed by atoms with Crippen LogP contribution < -0.4 is 5.73 Å². The second kappa shape index (κ2) is 4.91. The van der Waals surface area contributed by atoms with E-state index in [1.807, 2.05) is 5.38 Å². The molecule has 1 atom stereocenters. The lowest BCUT2D eigenvalue weighted by molar-refractivity contribution is -0.137. The van der Waals surface area contributed by atoms with E-state index in [-0.39, 0.29) is 10.6 Å². The molecule has 1 heterocycles. The number of halogens is 4. The summed E-state index contributed by atoms with van der Waals surface area (Å²) in [7, 11) is 0. The van der Waals surface area contributed by atoms with Crippen molar-refractivity contribution in [3.05, 3.63) is 56.7 Å². The Kier molecular flexibility index (Phi) is 3.66. The molecule has 0 aliphatic carbocycles. The Bertz CT molecular complexity index is 537. The van der Waals surface area contributed by atoms with E-state index >= 15 is 0 Å². The molecule has 1 aromatic carbocycles. The lowest BCUT2D eigenvalue weighted by Gasteiger charge is -2.16. The average molecular weight is 292 g/mol. The van der Waals surface area contributed by atoms with Crippen molar-refractivity contribution in [1.82, 2.24) is 0 Å². The highest BCUT2D eigenvalue weighted by Crippen LogP contribution is 2.38. The van der Waals surface area contributed by atoms with Gasteiger partial charge in [0.05, 0.1) is 16.6 Å². The molecule has 0 radical (unpaired) electrons. The average Bonchev–Trinajstić information content (AvgIpc) is 2.80. The zero-order valence-corrected chi connectivity index (χ0v) is 10.6. The molecular weight excluding hydrogens is 283 g/mol. The van der Waals surface area contributed by atoms with Gasteiger partial charge in [-0.05, 0) is 34.0 Å². The van der Waals surface area contributed by atoms with E-state index in [9.17, 15) is 13.2 Å². The van der Waals surface area contributed by atoms with Crippen molar-refractivity contribution >= 4 is 22.9 Å². The third kappa shape index (κ3) is 2.53. The van der Waals surface area contributed by atoms with Crippen LogP contribution in [0.25, 0.3) is 0 Å². The Labute approximate surface area is 111 Å². The van der Waals surface area contributed by atoms with Crippen LogP contribution in [0.3, 0.4) is 0 Å². The first-order chi connectivity index (χ1) is 8.41. The topological polar surface area (TPSA) is 26.0 Å². The smallest absolute Gasteiger partial charge is 0.320 e. The monoisotopic (exact) mass is 291 g/mol. The van der Waals surface area contributed by atoms with Gasteiger partial charge in [0, 0.05) is 0 Å². The number of thiophene rings is 1. The highest BCUT2D eigenvalue weighted by atomic mass is 35.5. The molecule has 1 aromatic heterocycles. The minimum Gasteiger partial charge on any atom is -0.320 e. The highest BCUT2D eigenvalue weighted by molar-refractivity contribution is 7.08. The van der Waals surface area contributed by atoms with Gasteiger partial charge in [-0.2, -0.15) is 24.5 Å². The van der Waals surface area contributed by atoms with Crippen LogP contribution in [0.2, 0.25) is 5.02 Å². The Morgan fingerprint density at radius 1 is 1.22 bits per heavy atom. The van der Waals surface area contributed by atoms with Gasteiger partial charge in [0.25, 0.3) is 0 Å². The molecule has 2 rings (SSSR count). The fourth-order valence-corrected chi connectivity index (χ4v) is 2.69. The van der Waals surface area contributed by atoms with Crippen LogP contribution in [0.15, 0.2) is 35.0 Å². The third-order valence-electron chi connectivity index (χ3n) is 2.57. The van der Waals surface area contributed by atoms with Gasteiger partial charge >= 0.3 is 6.18 Å². The first-order valence-corrected chi connectivity index (χ1v) is 6.36. The van der Waals surface area contributed by atoms with Gasteiger partial charge in [0.2, 0.25) is 0 Å². The van der Waals surface area contributed by atoms with E-state index in [1.54, 1.807) is 11.4 Å². The normalized spacial score (nSPS) is 13.6. The van der Waals surface area contributed by atoms with Crippen molar-refractivity contribution in [3.63, 3.8) is 0 Å². The molecule has 2 N–H and O–H groups in total. The van der Waals surface area contributed by atoms with Gasteiger partial charge in [-0.3, -0.25) is 0 Å². The Morgan fingerprint density at radius 2 is 1.94 bits per heavy atom. The summed E-state index contributed by atoms with van der Waals surface area (Å²) in [5, 5.41) is 3.28. The number of hydrogen-bond acceptors (Lipinski definition) is 2. The predicted octanol–water partition coefficient (Wildman–Crippen LogP) is 4.47. The van der Waals surface area contributed by atoms with Crippen LogP contribution in [0, 0.1) is 0 Å². The Hall–Kier alpha value is -1.04. The number of rotatable bonds is 2. The second-order valence-electron chi connectivity index (χ2n) is 3.74. The molecule has 0 aliphatic heterocycles. The largest absolute Gasteiger partial charge is 0.417 e. The fraction of sp³-hybridized carbons (Fsp3) is 0.167. The predicted molar refractivity (Wildman–Crippen MR) is 66.8 cm³/mol. The van der Waals surface area contributed by atoms with E-state index < -0.39 is 17.8 Å². The second-order valence-corrected chi connectivity index (χ2v) is 4.90. The summed E-state index contributed by atoms with van der Waals surface area (Å²) in [6.45, 7) is 0. The molecule has 18 heavy (non-hydrogen) atoms. The lowest BCUT2D eigenvalue weighted by atomic mass is 10.00. The maximum Gasteiger partial charge on any atom is 0.417 e. The zero-order chi connectivity index (χ0) is 13.3. The maximum atomic E-state index is 12.7. The summed E-state index contributed by atoms with van der Waals surface area (Å²) >= 11 is 7.24. The molecular formula is C12H9ClF3NS. The van der Waals surface area contributed by atoms with Gasteiger partial charge in [-0.25, -0.2) is 0 Å². The first kappa shape index (κ1) is 13.4. The van der Waals surface area contributed by atoms with E-state index in [1.165, 1.54) is 23.5 Å². The van der Waals surface area contributed by atoms with E-state index in [2.05, 4.69) is 0 Å². The van der Waals surface area contributed by atoms with Gasteiger partial charge < -0.3 is 5.73 Å². The quantitative estimate of drug-likeness (QED) is 0.868. The summed E-state index contributed by atoms with van der Waals surface area (Å²) < 4.78 is 38.1. The lowest BCUT2D eigenvalue weighted by Crippen LogP contribution is -2.14. The third-order valence-corrected chi connectivity index (χ3v) is 3.69. The Balaban J connectivity index is 2.47. The van der Waals surface area contributed by atoms with Crippen LogP contribution in [-0.4, -0.2) is 0 Å². The minimum absolute atomic E-state index is 0.282. The fourth-order valence-electron chi connectivity index (χ4n) is 1.64. The highest BCUT2D eigenvalue weighted by Gasteiger charge is 2.34. The first-order valence-electron chi connectivity index (χ1n) is 5.04. The molecule has 0 spiro atoms. The van der Waals surface area contributed by atoms with Crippen molar-refractivity contribution in [2.45, 2.75) is 12.2 Å². The van der Waals surface area contributed by atoms with Gasteiger partial charge in [-0.15, -0.1) is 0 Å². The molecule has 1 nitrogen and oxygen atoms in total. The van der Waals surface area contributed by atoms with Crippen LogP contribution in [0.4, 0.5) is 13.2 Å². The summed E-state index contributed by atoms with van der Waals surface area (Å²) in [5.74, 6) is 0. The molecule has 0 aliphatic rings. The summed E-state index contributed by atoms with van der Waals surface area (Å²) in [6.07, 6.45) is -4.47. The van der Waals surface area contributed by atoms with Crippen LogP contribution in [0.5, 0.6) is 0 Å². The zero-order valence-electron chi connectivity index (χ0n) is 9.04. The maximum absolute atomic E-state index is 12.7. The molecule has 0 saturated carbocycles. The molecule has 0 bridgehead atoms. The number of nitrogens with two attached hydrogens (primary N) is 1. The van der Waals surface area contributed by atoms with Crippen molar-refractivity contribution in [3.8, 4) is 0 Å². The van der Waals surface area contributed by atoms with Gasteiger partial charge in [0.15, 0.2) is 0 Å². The summed E-state index contributed by atoms with van der Waals surface area (Å²) in [5.41, 5.74) is 6.11. The molecule has 0 amide bonds. The molecule has 96 valence electrons.